The molecule has 1 aliphatic rings. The predicted molar refractivity (Wildman–Crippen MR) is 47.6 cm³/mol. The molecule has 1 aliphatic heterocycles. The normalized spacial score (nSPS) is 29.5. The molecule has 0 bridgehead atoms. The first-order valence-corrected chi connectivity index (χ1v) is 4.98. The van der Waals surface area contributed by atoms with Crippen molar-refractivity contribution in [1.82, 2.24) is 0 Å². The van der Waals surface area contributed by atoms with Gasteiger partial charge in [0.25, 0.3) is 0 Å². The second-order valence-corrected chi connectivity index (χ2v) is 3.50. The highest BCUT2D eigenvalue weighted by Crippen LogP contribution is 2.35. The van der Waals surface area contributed by atoms with Gasteiger partial charge in [0.15, 0.2) is 0 Å². The van der Waals surface area contributed by atoms with Gasteiger partial charge in [-0.2, -0.15) is 0 Å². The molecular weight excluding hydrogens is 136 g/mol. The van der Waals surface area contributed by atoms with Crippen molar-refractivity contribution in [2.45, 2.75) is 58.7 Å². The Morgan fingerprint density at radius 1 is 1.18 bits per heavy atom. The van der Waals surface area contributed by atoms with E-state index in [1.165, 1.54) is 25.7 Å². The van der Waals surface area contributed by atoms with Gasteiger partial charge in [-0.25, -0.2) is 0 Å². The molecule has 0 aromatic carbocycles. The fourth-order valence-electron chi connectivity index (χ4n) is 1.84. The minimum atomic E-state index is 0.616. The van der Waals surface area contributed by atoms with Crippen LogP contribution in [0.1, 0.15) is 46.5 Å². The van der Waals surface area contributed by atoms with Crippen molar-refractivity contribution in [2.24, 2.45) is 5.92 Å². The largest absolute Gasteiger partial charge is 0.369 e. The Morgan fingerprint density at radius 2 is 1.82 bits per heavy atom. The van der Waals surface area contributed by atoms with Crippen LogP contribution in [0.25, 0.3) is 0 Å². The van der Waals surface area contributed by atoms with E-state index in [1.807, 2.05) is 0 Å². The summed E-state index contributed by atoms with van der Waals surface area (Å²) in [7, 11) is 0. The van der Waals surface area contributed by atoms with Gasteiger partial charge in [0.1, 0.15) is 0 Å². The van der Waals surface area contributed by atoms with Crippen LogP contribution in [-0.2, 0) is 4.74 Å². The highest BCUT2D eigenvalue weighted by molar-refractivity contribution is 4.88. The number of epoxide rings is 1. The summed E-state index contributed by atoms with van der Waals surface area (Å²) < 4.78 is 5.60. The Kier molecular flexibility index (Phi) is 3.38. The summed E-state index contributed by atoms with van der Waals surface area (Å²) >= 11 is 0. The molecule has 0 saturated carbocycles. The van der Waals surface area contributed by atoms with Crippen molar-refractivity contribution in [3.63, 3.8) is 0 Å². The lowest BCUT2D eigenvalue weighted by molar-refractivity contribution is 0.302. The van der Waals surface area contributed by atoms with E-state index in [0.717, 1.165) is 5.92 Å². The summed E-state index contributed by atoms with van der Waals surface area (Å²) in [6, 6.07) is 0. The molecule has 1 rings (SSSR count). The SMILES string of the molecule is CCCC1OC1C(CC)CC. The van der Waals surface area contributed by atoms with Crippen LogP contribution in [-0.4, -0.2) is 12.2 Å². The second-order valence-electron chi connectivity index (χ2n) is 3.50. The van der Waals surface area contributed by atoms with Gasteiger partial charge in [-0.05, 0) is 12.3 Å². The molecule has 2 atom stereocenters. The van der Waals surface area contributed by atoms with Crippen molar-refractivity contribution in [3.8, 4) is 0 Å². The maximum atomic E-state index is 5.60. The average molecular weight is 156 g/mol. The van der Waals surface area contributed by atoms with Crippen LogP contribution < -0.4 is 0 Å². The lowest BCUT2D eigenvalue weighted by Crippen LogP contribution is -2.08. The van der Waals surface area contributed by atoms with E-state index in [2.05, 4.69) is 20.8 Å². The Bertz CT molecular complexity index is 107. The van der Waals surface area contributed by atoms with Crippen LogP contribution in [0.5, 0.6) is 0 Å². The van der Waals surface area contributed by atoms with Gasteiger partial charge in [-0.1, -0.05) is 40.0 Å². The summed E-state index contributed by atoms with van der Waals surface area (Å²) in [6.07, 6.45) is 6.32. The summed E-state index contributed by atoms with van der Waals surface area (Å²) in [5.74, 6) is 0.826. The molecule has 0 aliphatic carbocycles. The molecule has 0 N–H and O–H groups in total. The molecule has 66 valence electrons. The zero-order chi connectivity index (χ0) is 8.27. The third-order valence-corrected chi connectivity index (χ3v) is 2.71. The minimum absolute atomic E-state index is 0.616. The molecule has 11 heavy (non-hydrogen) atoms. The van der Waals surface area contributed by atoms with Gasteiger partial charge in [0.2, 0.25) is 0 Å². The van der Waals surface area contributed by atoms with Crippen molar-refractivity contribution in [1.29, 1.82) is 0 Å². The van der Waals surface area contributed by atoms with Gasteiger partial charge in [-0.15, -0.1) is 0 Å². The van der Waals surface area contributed by atoms with Crippen LogP contribution >= 0.6 is 0 Å². The fraction of sp³-hybridized carbons (Fsp3) is 1.00. The van der Waals surface area contributed by atoms with Crippen LogP contribution in [0, 0.1) is 5.92 Å². The Balaban J connectivity index is 2.18. The van der Waals surface area contributed by atoms with Crippen molar-refractivity contribution >= 4 is 0 Å². The summed E-state index contributed by atoms with van der Waals surface area (Å²) in [5, 5.41) is 0. The maximum absolute atomic E-state index is 5.60. The first-order chi connectivity index (χ1) is 5.33. The van der Waals surface area contributed by atoms with Crippen LogP contribution in [0.2, 0.25) is 0 Å². The number of rotatable bonds is 5. The summed E-state index contributed by atoms with van der Waals surface area (Å²) in [6.45, 7) is 6.75. The van der Waals surface area contributed by atoms with E-state index in [4.69, 9.17) is 4.74 Å². The van der Waals surface area contributed by atoms with E-state index in [1.54, 1.807) is 0 Å². The Morgan fingerprint density at radius 3 is 2.27 bits per heavy atom. The van der Waals surface area contributed by atoms with E-state index in [0.29, 0.717) is 12.2 Å². The smallest absolute Gasteiger partial charge is 0.0869 e. The lowest BCUT2D eigenvalue weighted by Gasteiger charge is -2.07. The van der Waals surface area contributed by atoms with E-state index >= 15 is 0 Å². The number of hydrogen-bond acceptors (Lipinski definition) is 1. The van der Waals surface area contributed by atoms with Gasteiger partial charge in [0.05, 0.1) is 12.2 Å². The monoisotopic (exact) mass is 156 g/mol. The Labute approximate surface area is 70.1 Å². The van der Waals surface area contributed by atoms with Gasteiger partial charge >= 0.3 is 0 Å². The van der Waals surface area contributed by atoms with Crippen molar-refractivity contribution < 1.29 is 4.74 Å². The second kappa shape index (κ2) is 4.10. The number of ether oxygens (including phenoxy) is 1. The van der Waals surface area contributed by atoms with Crippen LogP contribution in [0.4, 0.5) is 0 Å². The number of hydrogen-bond donors (Lipinski definition) is 0. The van der Waals surface area contributed by atoms with E-state index < -0.39 is 0 Å². The third kappa shape index (κ3) is 2.19. The van der Waals surface area contributed by atoms with Crippen LogP contribution in [0.3, 0.4) is 0 Å². The lowest BCUT2D eigenvalue weighted by atomic mass is 9.96. The fourth-order valence-corrected chi connectivity index (χ4v) is 1.84. The molecule has 0 amide bonds. The predicted octanol–water partition coefficient (Wildman–Crippen LogP) is 2.99. The van der Waals surface area contributed by atoms with Crippen molar-refractivity contribution in [3.05, 3.63) is 0 Å². The molecule has 0 spiro atoms. The quantitative estimate of drug-likeness (QED) is 0.557. The van der Waals surface area contributed by atoms with Gasteiger partial charge in [-0.3, -0.25) is 0 Å². The topological polar surface area (TPSA) is 12.5 Å². The van der Waals surface area contributed by atoms with Gasteiger partial charge < -0.3 is 4.74 Å². The van der Waals surface area contributed by atoms with E-state index in [9.17, 15) is 0 Å². The molecule has 1 heteroatoms. The molecule has 0 aromatic rings. The standard InChI is InChI=1S/C10H20O/c1-4-7-9-10(11-9)8(5-2)6-3/h8-10H,4-7H2,1-3H3. The zero-order valence-corrected chi connectivity index (χ0v) is 7.97. The Hall–Kier alpha value is -0.0400. The highest BCUT2D eigenvalue weighted by atomic mass is 16.6. The average Bonchev–Trinajstić information content (AvgIpc) is 2.72. The summed E-state index contributed by atoms with van der Waals surface area (Å²) in [5.41, 5.74) is 0. The maximum Gasteiger partial charge on any atom is 0.0869 e. The molecule has 1 saturated heterocycles. The van der Waals surface area contributed by atoms with Gasteiger partial charge in [0, 0.05) is 0 Å². The molecule has 0 radical (unpaired) electrons. The van der Waals surface area contributed by atoms with Crippen molar-refractivity contribution in [2.75, 3.05) is 0 Å². The third-order valence-electron chi connectivity index (χ3n) is 2.71. The van der Waals surface area contributed by atoms with Crippen LogP contribution in [0.15, 0.2) is 0 Å². The first kappa shape index (κ1) is 9.05. The molecular formula is C10H20O. The molecule has 0 aromatic heterocycles. The first-order valence-electron chi connectivity index (χ1n) is 4.98. The van der Waals surface area contributed by atoms with E-state index in [-0.39, 0.29) is 0 Å². The molecule has 1 heterocycles. The molecule has 1 fully saturated rings. The molecule has 2 unspecified atom stereocenters. The minimum Gasteiger partial charge on any atom is -0.369 e. The highest BCUT2D eigenvalue weighted by Gasteiger charge is 2.41. The summed E-state index contributed by atoms with van der Waals surface area (Å²) in [4.78, 5) is 0. The molecule has 1 nitrogen and oxygen atoms in total. The zero-order valence-electron chi connectivity index (χ0n) is 7.97.